The van der Waals surface area contributed by atoms with Crippen LogP contribution in [0, 0.1) is 34.5 Å². The van der Waals surface area contributed by atoms with Gasteiger partial charge in [0.25, 0.3) is 0 Å². The minimum atomic E-state index is -0.393. The minimum Gasteiger partial charge on any atom is -0.392 e. The first kappa shape index (κ1) is 21.6. The summed E-state index contributed by atoms with van der Waals surface area (Å²) >= 11 is 0. The molecule has 4 saturated carbocycles. The Labute approximate surface area is 192 Å². The molecule has 6 heteroatoms. The molecule has 6 atom stereocenters. The molecule has 2 heterocycles. The first-order chi connectivity index (χ1) is 15.5. The van der Waals surface area contributed by atoms with Crippen molar-refractivity contribution in [3.63, 3.8) is 0 Å². The van der Waals surface area contributed by atoms with E-state index in [2.05, 4.69) is 20.4 Å². The van der Waals surface area contributed by atoms with Crippen molar-refractivity contribution in [2.75, 3.05) is 33.0 Å². The quantitative estimate of drug-likeness (QED) is 0.359. The van der Waals surface area contributed by atoms with Crippen molar-refractivity contribution in [1.82, 2.24) is 0 Å². The number of hydrogen-bond acceptors (Lipinski definition) is 6. The Balaban J connectivity index is 1.35. The summed E-state index contributed by atoms with van der Waals surface area (Å²) in [5.41, 5.74) is 1.58. The van der Waals surface area contributed by atoms with Crippen molar-refractivity contribution >= 4 is 5.71 Å². The van der Waals surface area contributed by atoms with E-state index in [-0.39, 0.29) is 16.6 Å². The zero-order chi connectivity index (χ0) is 22.0. The van der Waals surface area contributed by atoms with E-state index >= 15 is 0 Å². The molecule has 4 aliphatic carbocycles. The zero-order valence-electron chi connectivity index (χ0n) is 19.8. The first-order valence-corrected chi connectivity index (χ1v) is 12.8. The van der Waals surface area contributed by atoms with Crippen LogP contribution in [0.3, 0.4) is 0 Å². The van der Waals surface area contributed by atoms with Gasteiger partial charge in [-0.15, -0.1) is 0 Å². The van der Waals surface area contributed by atoms with Gasteiger partial charge in [-0.25, -0.2) is 0 Å². The van der Waals surface area contributed by atoms with Gasteiger partial charge in [-0.05, 0) is 55.3 Å². The van der Waals surface area contributed by atoms with Gasteiger partial charge in [0.05, 0.1) is 32.1 Å². The van der Waals surface area contributed by atoms with Gasteiger partial charge >= 0.3 is 0 Å². The van der Waals surface area contributed by atoms with Crippen molar-refractivity contribution in [1.29, 1.82) is 0 Å². The third kappa shape index (κ3) is 2.88. The largest absolute Gasteiger partial charge is 0.392 e. The molecule has 0 aromatic heterocycles. The molecule has 32 heavy (non-hydrogen) atoms. The highest BCUT2D eigenvalue weighted by atomic mass is 16.7. The van der Waals surface area contributed by atoms with Gasteiger partial charge in [-0.2, -0.15) is 0 Å². The normalized spacial score (nSPS) is 47.4. The molecule has 0 aromatic carbocycles. The summed E-state index contributed by atoms with van der Waals surface area (Å²) in [4.78, 5) is 5.74. The van der Waals surface area contributed by atoms with Crippen LogP contribution in [0.1, 0.15) is 65.2 Å². The second kappa shape index (κ2) is 7.53. The number of rotatable bonds is 3. The molecule has 0 aromatic rings. The number of hydrogen-bond donors (Lipinski definition) is 0. The smallest absolute Gasteiger partial charge is 0.174 e. The molecule has 2 aliphatic heterocycles. The molecule has 6 fully saturated rings. The molecule has 2 spiro atoms. The van der Waals surface area contributed by atoms with Gasteiger partial charge in [0.2, 0.25) is 0 Å². The topological polar surface area (TPSA) is 58.5 Å². The van der Waals surface area contributed by atoms with Crippen molar-refractivity contribution in [3.05, 3.63) is 12.7 Å². The maximum Gasteiger partial charge on any atom is 0.174 e. The van der Waals surface area contributed by atoms with Gasteiger partial charge < -0.3 is 23.8 Å². The highest BCUT2D eigenvalue weighted by Crippen LogP contribution is 2.69. The van der Waals surface area contributed by atoms with E-state index in [0.29, 0.717) is 30.3 Å². The molecule has 0 bridgehead atoms. The second-order valence-corrected chi connectivity index (χ2v) is 11.6. The SMILES string of the molecule is C=CCON=C1CC2CC3(CC[C@]2(C)[C@H]2CC[C@@]4(C)[C@@H](CCC45OCCO5)[C@H]12)OCCO3. The zero-order valence-corrected chi connectivity index (χ0v) is 19.8. The van der Waals surface area contributed by atoms with Crippen LogP contribution in [0.15, 0.2) is 17.8 Å². The molecular weight excluding hydrogens is 406 g/mol. The predicted molar refractivity (Wildman–Crippen MR) is 120 cm³/mol. The van der Waals surface area contributed by atoms with Crippen LogP contribution in [0.25, 0.3) is 0 Å². The van der Waals surface area contributed by atoms with Crippen LogP contribution in [-0.4, -0.2) is 50.3 Å². The maximum absolute atomic E-state index is 6.34. The average molecular weight is 446 g/mol. The van der Waals surface area contributed by atoms with Crippen LogP contribution in [0.5, 0.6) is 0 Å². The van der Waals surface area contributed by atoms with Gasteiger partial charge in [-0.1, -0.05) is 31.7 Å². The minimum absolute atomic E-state index is 0.0423. The maximum atomic E-state index is 6.34. The summed E-state index contributed by atoms with van der Waals surface area (Å²) in [6.45, 7) is 12.1. The van der Waals surface area contributed by atoms with Crippen LogP contribution in [0.2, 0.25) is 0 Å². The Morgan fingerprint density at radius 2 is 1.69 bits per heavy atom. The summed E-state index contributed by atoms with van der Waals surface area (Å²) in [5, 5.41) is 4.78. The van der Waals surface area contributed by atoms with Crippen LogP contribution >= 0.6 is 0 Å². The highest BCUT2D eigenvalue weighted by Gasteiger charge is 2.69. The number of nitrogens with zero attached hydrogens (tertiary/aromatic N) is 1. The van der Waals surface area contributed by atoms with Gasteiger partial charge in [-0.3, -0.25) is 0 Å². The Bertz CT molecular complexity index is 785. The summed E-state index contributed by atoms with van der Waals surface area (Å²) in [7, 11) is 0. The van der Waals surface area contributed by atoms with Gasteiger partial charge in [0, 0.05) is 30.6 Å². The van der Waals surface area contributed by atoms with Crippen LogP contribution in [0.4, 0.5) is 0 Å². The molecular formula is C26H39NO5. The molecule has 0 amide bonds. The summed E-state index contributed by atoms with van der Waals surface area (Å²) in [6, 6.07) is 0. The first-order valence-electron chi connectivity index (χ1n) is 12.8. The van der Waals surface area contributed by atoms with E-state index in [1.165, 1.54) is 25.0 Å². The monoisotopic (exact) mass is 445 g/mol. The number of fused-ring (bicyclic) bond motifs is 6. The Kier molecular flexibility index (Phi) is 5.07. The lowest BCUT2D eigenvalue weighted by Crippen LogP contribution is -2.61. The highest BCUT2D eigenvalue weighted by molar-refractivity contribution is 5.88. The molecule has 0 radical (unpaired) electrons. The molecule has 1 unspecified atom stereocenters. The average Bonchev–Trinajstić information content (AvgIpc) is 3.51. The molecule has 178 valence electrons. The van der Waals surface area contributed by atoms with E-state index in [1.807, 2.05) is 0 Å². The van der Waals surface area contributed by atoms with Crippen molar-refractivity contribution in [2.45, 2.75) is 76.8 Å². The van der Waals surface area contributed by atoms with Crippen molar-refractivity contribution in [2.24, 2.45) is 39.7 Å². The third-order valence-electron chi connectivity index (χ3n) is 10.5. The lowest BCUT2D eigenvalue weighted by atomic mass is 9.44. The van der Waals surface area contributed by atoms with E-state index in [1.54, 1.807) is 6.08 Å². The van der Waals surface area contributed by atoms with Gasteiger partial charge in [0.15, 0.2) is 11.6 Å². The van der Waals surface area contributed by atoms with Gasteiger partial charge in [0.1, 0.15) is 6.61 Å². The standard InChI is InChI=1S/C26H39NO5/c1-4-11-32-27-21-16-18-17-25(28-12-13-29-25)10-9-23(18,2)19-5-7-24(3)20(22(19)21)6-8-26(24)30-14-15-31-26/h4,18-20,22H,1,5-17H2,2-3H3/t18?,19-,20-,22+,23-,24-/m0/s1. The molecule has 6 nitrogen and oxygen atoms in total. The lowest BCUT2D eigenvalue weighted by Gasteiger charge is -2.62. The molecule has 6 aliphatic rings. The molecule has 2 saturated heterocycles. The van der Waals surface area contributed by atoms with Crippen LogP contribution < -0.4 is 0 Å². The Hall–Kier alpha value is -0.950. The van der Waals surface area contributed by atoms with Crippen LogP contribution in [-0.2, 0) is 23.8 Å². The Morgan fingerprint density at radius 1 is 0.969 bits per heavy atom. The van der Waals surface area contributed by atoms with E-state index in [4.69, 9.17) is 28.9 Å². The van der Waals surface area contributed by atoms with E-state index in [9.17, 15) is 0 Å². The fraction of sp³-hybridized carbons (Fsp3) is 0.885. The number of oxime groups is 1. The fourth-order valence-corrected chi connectivity index (χ4v) is 8.82. The lowest BCUT2D eigenvalue weighted by molar-refractivity contribution is -0.248. The van der Waals surface area contributed by atoms with E-state index < -0.39 is 5.79 Å². The predicted octanol–water partition coefficient (Wildman–Crippen LogP) is 4.68. The summed E-state index contributed by atoms with van der Waals surface area (Å²) in [5.74, 6) is 1.33. The van der Waals surface area contributed by atoms with Crippen molar-refractivity contribution < 1.29 is 23.8 Å². The fourth-order valence-electron chi connectivity index (χ4n) is 8.82. The second-order valence-electron chi connectivity index (χ2n) is 11.6. The third-order valence-corrected chi connectivity index (χ3v) is 10.5. The number of ether oxygens (including phenoxy) is 4. The molecule has 0 N–H and O–H groups in total. The van der Waals surface area contributed by atoms with E-state index in [0.717, 1.165) is 58.5 Å². The Morgan fingerprint density at radius 3 is 2.44 bits per heavy atom. The molecule has 6 rings (SSSR count). The van der Waals surface area contributed by atoms with Crippen molar-refractivity contribution in [3.8, 4) is 0 Å². The summed E-state index contributed by atoms with van der Waals surface area (Å²) < 4.78 is 25.0. The summed E-state index contributed by atoms with van der Waals surface area (Å²) in [6.07, 6.45) is 10.4.